The minimum atomic E-state index is -2.72. The highest BCUT2D eigenvalue weighted by Gasteiger charge is 2.42. The first-order valence-corrected chi connectivity index (χ1v) is 7.76. The number of benzene rings is 1. The molecule has 122 valence electrons. The Hall–Kier alpha value is -0.910. The van der Waals surface area contributed by atoms with Crippen molar-refractivity contribution in [3.8, 4) is 0 Å². The maximum absolute atomic E-state index is 13.1. The quantitative estimate of drug-likeness (QED) is 0.870. The van der Waals surface area contributed by atoms with E-state index in [0.717, 1.165) is 0 Å². The maximum atomic E-state index is 13.1. The summed E-state index contributed by atoms with van der Waals surface area (Å²) < 4.78 is 26.2. The number of alkyl halides is 2. The van der Waals surface area contributed by atoms with Crippen molar-refractivity contribution >= 4 is 29.1 Å². The highest BCUT2D eigenvalue weighted by Crippen LogP contribution is 2.38. The van der Waals surface area contributed by atoms with Gasteiger partial charge >= 0.3 is 0 Å². The first-order chi connectivity index (χ1) is 10.2. The van der Waals surface area contributed by atoms with E-state index in [1.54, 1.807) is 18.2 Å². The van der Waals surface area contributed by atoms with Gasteiger partial charge in [0.05, 0.1) is 22.1 Å². The Morgan fingerprint density at radius 2 is 1.86 bits per heavy atom. The highest BCUT2D eigenvalue weighted by atomic mass is 35.5. The van der Waals surface area contributed by atoms with Crippen LogP contribution in [0.15, 0.2) is 18.2 Å². The molecule has 2 N–H and O–H groups in total. The summed E-state index contributed by atoms with van der Waals surface area (Å²) in [6, 6.07) is 4.99. The van der Waals surface area contributed by atoms with Crippen molar-refractivity contribution in [1.29, 1.82) is 0 Å². The molecule has 0 spiro atoms. The zero-order valence-corrected chi connectivity index (χ0v) is 13.4. The zero-order valence-electron chi connectivity index (χ0n) is 11.8. The van der Waals surface area contributed by atoms with E-state index in [4.69, 9.17) is 23.2 Å². The number of halogens is 4. The van der Waals surface area contributed by atoms with Gasteiger partial charge in [-0.15, -0.1) is 0 Å². The van der Waals surface area contributed by atoms with Gasteiger partial charge in [-0.2, -0.15) is 0 Å². The number of nitrogens with one attached hydrogen (secondary N) is 1. The Balaban J connectivity index is 1.87. The number of carbonyl (C=O) groups excluding carboxylic acids is 1. The largest absolute Gasteiger partial charge is 0.388 e. The maximum Gasteiger partial charge on any atom is 0.248 e. The fourth-order valence-electron chi connectivity index (χ4n) is 2.44. The Morgan fingerprint density at radius 3 is 2.50 bits per heavy atom. The Bertz CT molecular complexity index is 556. The third kappa shape index (κ3) is 4.54. The van der Waals surface area contributed by atoms with Crippen LogP contribution in [0, 0.1) is 0 Å². The van der Waals surface area contributed by atoms with E-state index in [9.17, 15) is 18.7 Å². The van der Waals surface area contributed by atoms with Gasteiger partial charge in [-0.25, -0.2) is 8.78 Å². The number of aliphatic hydroxyl groups is 1. The lowest BCUT2D eigenvalue weighted by molar-refractivity contribution is -0.125. The van der Waals surface area contributed by atoms with Gasteiger partial charge in [-0.3, -0.25) is 4.79 Å². The van der Waals surface area contributed by atoms with E-state index in [-0.39, 0.29) is 44.6 Å². The lowest BCUT2D eigenvalue weighted by atomic mass is 9.82. The van der Waals surface area contributed by atoms with Gasteiger partial charge in [-0.1, -0.05) is 35.3 Å². The number of rotatable bonds is 4. The SMILES string of the molecule is O=C(Cc1cccc(Cl)c1Cl)NCC1(O)CCC(F)(F)CC1. The summed E-state index contributed by atoms with van der Waals surface area (Å²) in [6.07, 6.45) is -0.763. The molecule has 3 nitrogen and oxygen atoms in total. The van der Waals surface area contributed by atoms with Gasteiger partial charge in [-0.05, 0) is 24.5 Å². The second kappa shape index (κ2) is 6.69. The Kier molecular flexibility index (Phi) is 5.30. The predicted octanol–water partition coefficient (Wildman–Crippen LogP) is 3.59. The van der Waals surface area contributed by atoms with Gasteiger partial charge in [0.15, 0.2) is 0 Å². The van der Waals surface area contributed by atoms with Crippen LogP contribution in [-0.2, 0) is 11.2 Å². The van der Waals surface area contributed by atoms with Crippen molar-refractivity contribution in [3.05, 3.63) is 33.8 Å². The summed E-state index contributed by atoms with van der Waals surface area (Å²) in [5, 5.41) is 13.5. The van der Waals surface area contributed by atoms with Crippen molar-refractivity contribution in [2.75, 3.05) is 6.54 Å². The predicted molar refractivity (Wildman–Crippen MR) is 81.5 cm³/mol. The van der Waals surface area contributed by atoms with Crippen LogP contribution in [0.2, 0.25) is 10.0 Å². The minimum absolute atomic E-state index is 0.0195. The molecule has 0 heterocycles. The van der Waals surface area contributed by atoms with Gasteiger partial charge in [0.2, 0.25) is 11.8 Å². The van der Waals surface area contributed by atoms with Crippen molar-refractivity contribution in [2.45, 2.75) is 43.6 Å². The van der Waals surface area contributed by atoms with Crippen LogP contribution < -0.4 is 5.32 Å². The van der Waals surface area contributed by atoms with Crippen LogP contribution >= 0.6 is 23.2 Å². The van der Waals surface area contributed by atoms with Crippen molar-refractivity contribution in [1.82, 2.24) is 5.32 Å². The monoisotopic (exact) mass is 351 g/mol. The van der Waals surface area contributed by atoms with E-state index in [1.807, 2.05) is 0 Å². The second-order valence-corrected chi connectivity index (χ2v) is 6.53. The van der Waals surface area contributed by atoms with Crippen molar-refractivity contribution < 1.29 is 18.7 Å². The van der Waals surface area contributed by atoms with Crippen LogP contribution in [0.1, 0.15) is 31.2 Å². The average molecular weight is 352 g/mol. The molecule has 0 radical (unpaired) electrons. The van der Waals surface area contributed by atoms with Gasteiger partial charge < -0.3 is 10.4 Å². The summed E-state index contributed by atoms with van der Waals surface area (Å²) in [5.74, 6) is -3.06. The molecule has 0 saturated heterocycles. The molecule has 1 aliphatic carbocycles. The van der Waals surface area contributed by atoms with Crippen LogP contribution in [-0.4, -0.2) is 29.1 Å². The first-order valence-electron chi connectivity index (χ1n) is 7.01. The second-order valence-electron chi connectivity index (χ2n) is 5.75. The first kappa shape index (κ1) is 17.4. The summed E-state index contributed by atoms with van der Waals surface area (Å²) in [6.45, 7) is -0.0416. The number of hydrogen-bond acceptors (Lipinski definition) is 2. The molecule has 1 fully saturated rings. The molecular weight excluding hydrogens is 335 g/mol. The van der Waals surface area contributed by atoms with Crippen LogP contribution in [0.4, 0.5) is 8.78 Å². The minimum Gasteiger partial charge on any atom is -0.388 e. The zero-order chi connectivity index (χ0) is 16.4. The molecule has 1 aliphatic rings. The van der Waals surface area contributed by atoms with Crippen LogP contribution in [0.5, 0.6) is 0 Å². The van der Waals surface area contributed by atoms with E-state index in [0.29, 0.717) is 15.6 Å². The fraction of sp³-hybridized carbons (Fsp3) is 0.533. The molecular formula is C15H17Cl2F2NO2. The molecule has 0 atom stereocenters. The van der Waals surface area contributed by atoms with E-state index < -0.39 is 11.5 Å². The van der Waals surface area contributed by atoms with Gasteiger partial charge in [0, 0.05) is 19.4 Å². The van der Waals surface area contributed by atoms with Crippen molar-refractivity contribution in [2.24, 2.45) is 0 Å². The van der Waals surface area contributed by atoms with E-state index in [1.165, 1.54) is 0 Å². The third-order valence-corrected chi connectivity index (χ3v) is 4.77. The smallest absolute Gasteiger partial charge is 0.248 e. The number of amides is 1. The van der Waals surface area contributed by atoms with Gasteiger partial charge in [0.25, 0.3) is 0 Å². The molecule has 1 aromatic carbocycles. The van der Waals surface area contributed by atoms with Crippen LogP contribution in [0.25, 0.3) is 0 Å². The fourth-order valence-corrected chi connectivity index (χ4v) is 2.83. The molecule has 0 unspecified atom stereocenters. The highest BCUT2D eigenvalue weighted by molar-refractivity contribution is 6.42. The molecule has 0 aliphatic heterocycles. The Labute approximate surface area is 137 Å². The molecule has 1 aromatic rings. The summed E-state index contributed by atoms with van der Waals surface area (Å²) >= 11 is 11.9. The summed E-state index contributed by atoms with van der Waals surface area (Å²) in [4.78, 5) is 11.9. The standard InChI is InChI=1S/C15H17Cl2F2NO2/c16-11-3-1-2-10(13(11)17)8-12(21)20-9-14(22)4-6-15(18,19)7-5-14/h1-3,22H,4-9H2,(H,20,21). The number of carbonyl (C=O) groups is 1. The normalized spacial score (nSPS) is 19.7. The van der Waals surface area contributed by atoms with Crippen LogP contribution in [0.3, 0.4) is 0 Å². The molecule has 2 rings (SSSR count). The molecule has 22 heavy (non-hydrogen) atoms. The molecule has 0 bridgehead atoms. The molecule has 1 saturated carbocycles. The van der Waals surface area contributed by atoms with E-state index >= 15 is 0 Å². The number of hydrogen-bond donors (Lipinski definition) is 2. The molecule has 7 heteroatoms. The average Bonchev–Trinajstić information content (AvgIpc) is 2.46. The van der Waals surface area contributed by atoms with Crippen molar-refractivity contribution in [3.63, 3.8) is 0 Å². The summed E-state index contributed by atoms with van der Waals surface area (Å²) in [7, 11) is 0. The topological polar surface area (TPSA) is 49.3 Å². The van der Waals surface area contributed by atoms with Gasteiger partial charge in [0.1, 0.15) is 0 Å². The molecule has 1 amide bonds. The summed E-state index contributed by atoms with van der Waals surface area (Å²) in [5.41, 5.74) is -0.691. The van der Waals surface area contributed by atoms with E-state index in [2.05, 4.69) is 5.32 Å². The third-order valence-electron chi connectivity index (χ3n) is 3.91. The lowest BCUT2D eigenvalue weighted by Crippen LogP contribution is -2.47. The lowest BCUT2D eigenvalue weighted by Gasteiger charge is -2.35. The molecule has 0 aromatic heterocycles. The Morgan fingerprint density at radius 1 is 1.23 bits per heavy atom.